The highest BCUT2D eigenvalue weighted by atomic mass is 19.3. The predicted octanol–water partition coefficient (Wildman–Crippen LogP) is 8.28. The van der Waals surface area contributed by atoms with Gasteiger partial charge in [-0.3, -0.25) is 0 Å². The van der Waals surface area contributed by atoms with Gasteiger partial charge < -0.3 is 4.74 Å². The van der Waals surface area contributed by atoms with Crippen molar-refractivity contribution < 1.29 is 35.5 Å². The summed E-state index contributed by atoms with van der Waals surface area (Å²) in [5.41, 5.74) is -0.336. The lowest BCUT2D eigenvalue weighted by molar-refractivity contribution is -0.187. The maximum Gasteiger partial charge on any atom is 0.429 e. The number of alkyl halides is 2. The summed E-state index contributed by atoms with van der Waals surface area (Å²) in [6.45, 7) is 2.05. The van der Waals surface area contributed by atoms with Gasteiger partial charge in [0.05, 0.1) is 0 Å². The van der Waals surface area contributed by atoms with Crippen molar-refractivity contribution in [1.82, 2.24) is 0 Å². The summed E-state index contributed by atoms with van der Waals surface area (Å²) in [7, 11) is 0. The first-order chi connectivity index (χ1) is 16.1. The van der Waals surface area contributed by atoms with Crippen LogP contribution in [0.3, 0.4) is 0 Å². The Labute approximate surface area is 190 Å². The highest BCUT2D eigenvalue weighted by Crippen LogP contribution is 2.37. The minimum atomic E-state index is -4.50. The zero-order chi connectivity index (χ0) is 24.6. The van der Waals surface area contributed by atoms with Crippen molar-refractivity contribution in [3.63, 3.8) is 0 Å². The van der Waals surface area contributed by atoms with Crippen LogP contribution in [0.15, 0.2) is 60.7 Å². The number of aryl methyl sites for hydroxylation is 1. The molecule has 34 heavy (non-hydrogen) atoms. The Kier molecular flexibility index (Phi) is 6.25. The number of hydrogen-bond acceptors (Lipinski definition) is 1. The van der Waals surface area contributed by atoms with Gasteiger partial charge in [0.2, 0.25) is 0 Å². The molecule has 0 aliphatic rings. The topological polar surface area (TPSA) is 9.23 Å². The summed E-state index contributed by atoms with van der Waals surface area (Å²) in [5.74, 6) is -9.95. The molecule has 0 heterocycles. The molecule has 0 radical (unpaired) electrons. The molecule has 1 nitrogen and oxygen atoms in total. The smallest absolute Gasteiger partial charge is 0.429 e. The molecule has 0 aliphatic carbocycles. The van der Waals surface area contributed by atoms with Crippen LogP contribution in [-0.2, 0) is 12.5 Å². The fraction of sp³-hybridized carbons (Fsp3) is 0.154. The Morgan fingerprint density at radius 3 is 2.03 bits per heavy atom. The molecular formula is C26H17F7O. The molecule has 0 atom stereocenters. The quantitative estimate of drug-likeness (QED) is 0.200. The van der Waals surface area contributed by atoms with Crippen LogP contribution in [0.4, 0.5) is 30.7 Å². The third kappa shape index (κ3) is 4.44. The third-order valence-corrected chi connectivity index (χ3v) is 5.35. The summed E-state index contributed by atoms with van der Waals surface area (Å²) in [4.78, 5) is 0. The van der Waals surface area contributed by atoms with Crippen LogP contribution < -0.4 is 4.74 Å². The normalized spacial score (nSPS) is 11.8. The number of fused-ring (bicyclic) bond motifs is 1. The first-order valence-corrected chi connectivity index (χ1v) is 10.3. The van der Waals surface area contributed by atoms with E-state index in [4.69, 9.17) is 0 Å². The SMILES string of the molecule is CCCc1ccc2cc(-c3ccc(C(F)(F)Oc4cc(F)c(F)c(F)c4)c(F)c3F)ccc2c1. The molecule has 0 N–H and O–H groups in total. The number of ether oxygens (including phenoxy) is 1. The van der Waals surface area contributed by atoms with E-state index in [1.165, 1.54) is 0 Å². The van der Waals surface area contributed by atoms with E-state index < -0.39 is 46.5 Å². The highest BCUT2D eigenvalue weighted by molar-refractivity contribution is 5.88. The third-order valence-electron chi connectivity index (χ3n) is 5.35. The molecule has 0 amide bonds. The van der Waals surface area contributed by atoms with Crippen molar-refractivity contribution in [3.05, 3.63) is 101 Å². The summed E-state index contributed by atoms with van der Waals surface area (Å²) in [6, 6.07) is 12.6. The van der Waals surface area contributed by atoms with Crippen LogP contribution in [0.1, 0.15) is 24.5 Å². The van der Waals surface area contributed by atoms with E-state index >= 15 is 0 Å². The number of halogens is 7. The molecule has 0 aliphatic heterocycles. The maximum absolute atomic E-state index is 14.8. The van der Waals surface area contributed by atoms with Crippen molar-refractivity contribution in [1.29, 1.82) is 0 Å². The number of hydrogen-bond donors (Lipinski definition) is 0. The van der Waals surface area contributed by atoms with Crippen LogP contribution in [-0.4, -0.2) is 0 Å². The largest absolute Gasteiger partial charge is 0.429 e. The molecular weight excluding hydrogens is 461 g/mol. The zero-order valence-corrected chi connectivity index (χ0v) is 17.7. The van der Waals surface area contributed by atoms with Crippen molar-refractivity contribution in [2.24, 2.45) is 0 Å². The molecule has 0 bridgehead atoms. The fourth-order valence-corrected chi connectivity index (χ4v) is 3.70. The van der Waals surface area contributed by atoms with Gasteiger partial charge in [-0.15, -0.1) is 0 Å². The van der Waals surface area contributed by atoms with Gasteiger partial charge in [-0.25, -0.2) is 22.0 Å². The van der Waals surface area contributed by atoms with E-state index in [9.17, 15) is 30.7 Å². The second-order valence-corrected chi connectivity index (χ2v) is 7.75. The molecule has 4 aromatic rings. The van der Waals surface area contributed by atoms with E-state index in [1.54, 1.807) is 18.2 Å². The van der Waals surface area contributed by atoms with Crippen molar-refractivity contribution >= 4 is 10.8 Å². The van der Waals surface area contributed by atoms with Gasteiger partial charge in [0.15, 0.2) is 29.1 Å². The van der Waals surface area contributed by atoms with Crippen molar-refractivity contribution in [2.75, 3.05) is 0 Å². The van der Waals surface area contributed by atoms with E-state index in [1.807, 2.05) is 18.2 Å². The van der Waals surface area contributed by atoms with Gasteiger partial charge in [0.1, 0.15) is 11.3 Å². The van der Waals surface area contributed by atoms with Crippen LogP contribution >= 0.6 is 0 Å². The van der Waals surface area contributed by atoms with E-state index in [2.05, 4.69) is 11.7 Å². The molecule has 0 aromatic heterocycles. The molecule has 0 saturated heterocycles. The van der Waals surface area contributed by atoms with Crippen LogP contribution in [0.2, 0.25) is 0 Å². The monoisotopic (exact) mass is 478 g/mol. The Balaban J connectivity index is 1.68. The van der Waals surface area contributed by atoms with E-state index in [-0.39, 0.29) is 23.3 Å². The molecule has 4 aromatic carbocycles. The van der Waals surface area contributed by atoms with Crippen LogP contribution in [0.5, 0.6) is 5.75 Å². The fourth-order valence-electron chi connectivity index (χ4n) is 3.70. The predicted molar refractivity (Wildman–Crippen MR) is 114 cm³/mol. The molecule has 0 spiro atoms. The Hall–Kier alpha value is -3.55. The Morgan fingerprint density at radius 1 is 0.706 bits per heavy atom. The summed E-state index contributed by atoms with van der Waals surface area (Å²) < 4.78 is 102. The van der Waals surface area contributed by atoms with Gasteiger partial charge >= 0.3 is 6.11 Å². The van der Waals surface area contributed by atoms with Gasteiger partial charge in [0, 0.05) is 17.7 Å². The number of rotatable bonds is 6. The maximum atomic E-state index is 14.8. The van der Waals surface area contributed by atoms with Gasteiger partial charge in [-0.2, -0.15) is 8.78 Å². The minimum absolute atomic E-state index is 0.177. The average molecular weight is 478 g/mol. The van der Waals surface area contributed by atoms with Gasteiger partial charge in [-0.1, -0.05) is 49.7 Å². The van der Waals surface area contributed by atoms with Gasteiger partial charge in [0.25, 0.3) is 0 Å². The molecule has 0 saturated carbocycles. The average Bonchev–Trinajstić information content (AvgIpc) is 2.78. The second-order valence-electron chi connectivity index (χ2n) is 7.75. The lowest BCUT2D eigenvalue weighted by Gasteiger charge is -2.20. The van der Waals surface area contributed by atoms with Crippen molar-refractivity contribution in [2.45, 2.75) is 25.9 Å². The summed E-state index contributed by atoms with van der Waals surface area (Å²) in [6.07, 6.45) is -2.63. The van der Waals surface area contributed by atoms with E-state index in [0.717, 1.165) is 35.2 Å². The summed E-state index contributed by atoms with van der Waals surface area (Å²) in [5, 5.41) is 1.65. The lowest BCUT2D eigenvalue weighted by atomic mass is 9.97. The first kappa shape index (κ1) is 23.6. The number of benzene rings is 4. The Bertz CT molecular complexity index is 1360. The highest BCUT2D eigenvalue weighted by Gasteiger charge is 2.40. The van der Waals surface area contributed by atoms with Crippen LogP contribution in [0.25, 0.3) is 21.9 Å². The lowest BCUT2D eigenvalue weighted by Crippen LogP contribution is -2.24. The molecule has 176 valence electrons. The van der Waals surface area contributed by atoms with E-state index in [0.29, 0.717) is 6.07 Å². The molecule has 0 fully saturated rings. The van der Waals surface area contributed by atoms with Crippen molar-refractivity contribution in [3.8, 4) is 16.9 Å². The first-order valence-electron chi connectivity index (χ1n) is 10.3. The molecule has 8 heteroatoms. The standard InChI is InChI=1S/C26H17F7O/c1-2-3-14-4-5-16-11-17(7-6-15(16)10-14)19-8-9-20(24(30)23(19)29)26(32,33)34-18-12-21(27)25(31)22(28)13-18/h4-13H,2-3H2,1H3. The second kappa shape index (κ2) is 9.00. The van der Waals surface area contributed by atoms with Gasteiger partial charge in [-0.05, 0) is 40.5 Å². The molecule has 0 unspecified atom stereocenters. The molecule has 4 rings (SSSR count). The van der Waals surface area contributed by atoms with Crippen LogP contribution in [0, 0.1) is 29.1 Å². The minimum Gasteiger partial charge on any atom is -0.429 e. The Morgan fingerprint density at radius 2 is 1.35 bits per heavy atom. The zero-order valence-electron chi connectivity index (χ0n) is 17.7. The summed E-state index contributed by atoms with van der Waals surface area (Å²) >= 11 is 0.